The second kappa shape index (κ2) is 6.63. The van der Waals surface area contributed by atoms with Crippen LogP contribution in [0.25, 0.3) is 22.6 Å². The largest absolute Gasteiger partial charge is 0.366 e. The average Bonchev–Trinajstić information content (AvgIpc) is 2.61. The van der Waals surface area contributed by atoms with Crippen molar-refractivity contribution in [3.63, 3.8) is 0 Å². The summed E-state index contributed by atoms with van der Waals surface area (Å²) in [6.07, 6.45) is 5.30. The standard InChI is InChI=1S/C18H16N4/c1-2-10-20-17-12-16(14-7-4-3-5-8-14)21-18(22-17)15-9-6-11-19-13-15/h2-9,11-13H,1,10H2,(H,20,21,22). The van der Waals surface area contributed by atoms with E-state index in [4.69, 9.17) is 0 Å². The molecule has 4 heteroatoms. The van der Waals surface area contributed by atoms with Crippen molar-refractivity contribution < 1.29 is 0 Å². The van der Waals surface area contributed by atoms with Gasteiger partial charge in [0.05, 0.1) is 5.69 Å². The van der Waals surface area contributed by atoms with Crippen LogP contribution in [0.5, 0.6) is 0 Å². The van der Waals surface area contributed by atoms with Gasteiger partial charge in [-0.3, -0.25) is 4.98 Å². The van der Waals surface area contributed by atoms with Crippen LogP contribution in [0.4, 0.5) is 5.82 Å². The predicted octanol–water partition coefficient (Wildman–Crippen LogP) is 3.80. The molecule has 0 bridgehead atoms. The van der Waals surface area contributed by atoms with Crippen molar-refractivity contribution in [2.24, 2.45) is 0 Å². The summed E-state index contributed by atoms with van der Waals surface area (Å²) in [5.41, 5.74) is 2.82. The summed E-state index contributed by atoms with van der Waals surface area (Å²) in [5, 5.41) is 3.23. The molecule has 0 aliphatic rings. The summed E-state index contributed by atoms with van der Waals surface area (Å²) in [5.74, 6) is 1.42. The molecule has 0 saturated heterocycles. The lowest BCUT2D eigenvalue weighted by atomic mass is 10.1. The Labute approximate surface area is 129 Å². The molecule has 1 N–H and O–H groups in total. The molecule has 4 nitrogen and oxygen atoms in total. The van der Waals surface area contributed by atoms with E-state index in [9.17, 15) is 0 Å². The highest BCUT2D eigenvalue weighted by Gasteiger charge is 2.08. The topological polar surface area (TPSA) is 50.7 Å². The maximum Gasteiger partial charge on any atom is 0.163 e. The molecule has 0 fully saturated rings. The van der Waals surface area contributed by atoms with Gasteiger partial charge in [0.25, 0.3) is 0 Å². The minimum absolute atomic E-state index is 0.651. The summed E-state index contributed by atoms with van der Waals surface area (Å²) >= 11 is 0. The number of rotatable bonds is 5. The highest BCUT2D eigenvalue weighted by molar-refractivity contribution is 5.67. The molecular weight excluding hydrogens is 272 g/mol. The molecule has 108 valence electrons. The second-order valence-electron chi connectivity index (χ2n) is 4.74. The van der Waals surface area contributed by atoms with Gasteiger partial charge in [0, 0.05) is 36.1 Å². The van der Waals surface area contributed by atoms with Crippen LogP contribution in [0.15, 0.2) is 73.6 Å². The third kappa shape index (κ3) is 3.17. The van der Waals surface area contributed by atoms with E-state index in [2.05, 4.69) is 26.8 Å². The molecule has 2 heterocycles. The Balaban J connectivity index is 2.08. The molecule has 2 aromatic heterocycles. The number of hydrogen-bond acceptors (Lipinski definition) is 4. The smallest absolute Gasteiger partial charge is 0.163 e. The minimum atomic E-state index is 0.651. The quantitative estimate of drug-likeness (QED) is 0.725. The van der Waals surface area contributed by atoms with E-state index in [1.165, 1.54) is 0 Å². The van der Waals surface area contributed by atoms with Gasteiger partial charge in [-0.25, -0.2) is 9.97 Å². The van der Waals surface area contributed by atoms with Crippen molar-refractivity contribution in [3.05, 3.63) is 73.6 Å². The Kier molecular flexibility index (Phi) is 4.20. The van der Waals surface area contributed by atoms with Crippen LogP contribution >= 0.6 is 0 Å². The van der Waals surface area contributed by atoms with Crippen LogP contribution < -0.4 is 5.32 Å². The Bertz CT molecular complexity index is 697. The highest BCUT2D eigenvalue weighted by atomic mass is 15.0. The predicted molar refractivity (Wildman–Crippen MR) is 89.4 cm³/mol. The van der Waals surface area contributed by atoms with Crippen molar-refractivity contribution in [1.29, 1.82) is 0 Å². The van der Waals surface area contributed by atoms with E-state index >= 15 is 0 Å². The fraction of sp³-hybridized carbons (Fsp3) is 0.0556. The highest BCUT2D eigenvalue weighted by Crippen LogP contribution is 2.23. The molecule has 0 aliphatic heterocycles. The van der Waals surface area contributed by atoms with E-state index in [0.29, 0.717) is 12.4 Å². The van der Waals surface area contributed by atoms with Crippen LogP contribution in [0.2, 0.25) is 0 Å². The summed E-state index contributed by atoms with van der Waals surface area (Å²) < 4.78 is 0. The maximum atomic E-state index is 4.67. The Morgan fingerprint density at radius 1 is 1.00 bits per heavy atom. The van der Waals surface area contributed by atoms with Crippen molar-refractivity contribution in [2.75, 3.05) is 11.9 Å². The zero-order valence-corrected chi connectivity index (χ0v) is 12.1. The number of nitrogens with zero attached hydrogens (tertiary/aromatic N) is 3. The molecular formula is C18H16N4. The van der Waals surface area contributed by atoms with Gasteiger partial charge in [-0.1, -0.05) is 36.4 Å². The summed E-state index contributed by atoms with van der Waals surface area (Å²) in [7, 11) is 0. The van der Waals surface area contributed by atoms with Crippen LogP contribution in [-0.2, 0) is 0 Å². The number of nitrogens with one attached hydrogen (secondary N) is 1. The third-order valence-electron chi connectivity index (χ3n) is 3.14. The molecule has 3 aromatic rings. The summed E-state index contributed by atoms with van der Waals surface area (Å²) in [6.45, 7) is 4.37. The van der Waals surface area contributed by atoms with Gasteiger partial charge >= 0.3 is 0 Å². The van der Waals surface area contributed by atoms with Gasteiger partial charge in [-0.15, -0.1) is 6.58 Å². The van der Waals surface area contributed by atoms with Crippen molar-refractivity contribution in [3.8, 4) is 22.6 Å². The van der Waals surface area contributed by atoms with E-state index < -0.39 is 0 Å². The molecule has 0 radical (unpaired) electrons. The van der Waals surface area contributed by atoms with Crippen molar-refractivity contribution in [2.45, 2.75) is 0 Å². The third-order valence-corrected chi connectivity index (χ3v) is 3.14. The summed E-state index contributed by atoms with van der Waals surface area (Å²) in [6, 6.07) is 15.8. The first-order valence-corrected chi connectivity index (χ1v) is 7.06. The number of hydrogen-bond donors (Lipinski definition) is 1. The van der Waals surface area contributed by atoms with Crippen LogP contribution in [0.1, 0.15) is 0 Å². The fourth-order valence-corrected chi connectivity index (χ4v) is 2.10. The van der Waals surface area contributed by atoms with Gasteiger partial charge < -0.3 is 5.32 Å². The zero-order valence-electron chi connectivity index (χ0n) is 12.1. The normalized spacial score (nSPS) is 10.2. The monoisotopic (exact) mass is 288 g/mol. The van der Waals surface area contributed by atoms with Gasteiger partial charge in [0.1, 0.15) is 5.82 Å². The first-order chi connectivity index (χ1) is 10.9. The lowest BCUT2D eigenvalue weighted by Crippen LogP contribution is -2.03. The van der Waals surface area contributed by atoms with Gasteiger partial charge in [-0.2, -0.15) is 0 Å². The zero-order chi connectivity index (χ0) is 15.2. The van der Waals surface area contributed by atoms with E-state index in [1.807, 2.05) is 48.5 Å². The first kappa shape index (κ1) is 13.9. The van der Waals surface area contributed by atoms with Gasteiger partial charge in [0.15, 0.2) is 5.82 Å². The Morgan fingerprint density at radius 3 is 2.55 bits per heavy atom. The number of benzene rings is 1. The molecule has 22 heavy (non-hydrogen) atoms. The number of anilines is 1. The lowest BCUT2D eigenvalue weighted by Gasteiger charge is -2.09. The van der Waals surface area contributed by atoms with Crippen LogP contribution in [0, 0.1) is 0 Å². The number of aromatic nitrogens is 3. The van der Waals surface area contributed by atoms with E-state index in [1.54, 1.807) is 18.5 Å². The Hall–Kier alpha value is -3.01. The van der Waals surface area contributed by atoms with Crippen LogP contribution in [-0.4, -0.2) is 21.5 Å². The average molecular weight is 288 g/mol. The molecule has 3 rings (SSSR count). The lowest BCUT2D eigenvalue weighted by molar-refractivity contribution is 1.14. The van der Waals surface area contributed by atoms with Crippen LogP contribution in [0.3, 0.4) is 0 Å². The number of pyridine rings is 1. The van der Waals surface area contributed by atoms with E-state index in [0.717, 1.165) is 22.6 Å². The maximum absolute atomic E-state index is 4.67. The minimum Gasteiger partial charge on any atom is -0.366 e. The van der Waals surface area contributed by atoms with E-state index in [-0.39, 0.29) is 0 Å². The second-order valence-corrected chi connectivity index (χ2v) is 4.74. The summed E-state index contributed by atoms with van der Waals surface area (Å²) in [4.78, 5) is 13.4. The fourth-order valence-electron chi connectivity index (χ4n) is 2.10. The van der Waals surface area contributed by atoms with Crippen molar-refractivity contribution >= 4 is 5.82 Å². The molecule has 0 amide bonds. The molecule has 0 spiro atoms. The molecule has 0 aliphatic carbocycles. The van der Waals surface area contributed by atoms with Crippen molar-refractivity contribution in [1.82, 2.24) is 15.0 Å². The molecule has 1 aromatic carbocycles. The SMILES string of the molecule is C=CCNc1cc(-c2ccccc2)nc(-c2cccnc2)n1. The molecule has 0 unspecified atom stereocenters. The molecule has 0 saturated carbocycles. The van der Waals surface area contributed by atoms with Gasteiger partial charge in [0.2, 0.25) is 0 Å². The Morgan fingerprint density at radius 2 is 1.82 bits per heavy atom. The molecule has 0 atom stereocenters. The van der Waals surface area contributed by atoms with Gasteiger partial charge in [-0.05, 0) is 12.1 Å². The first-order valence-electron chi connectivity index (χ1n) is 7.06.